The average molecular weight is 316 g/mol. The van der Waals surface area contributed by atoms with Gasteiger partial charge in [-0.25, -0.2) is 0 Å². The summed E-state index contributed by atoms with van der Waals surface area (Å²) in [6.07, 6.45) is 1.39. The van der Waals surface area contributed by atoms with Crippen LogP contribution in [-0.4, -0.2) is 11.5 Å². The van der Waals surface area contributed by atoms with Gasteiger partial charge in [-0.1, -0.05) is 18.2 Å². The lowest BCUT2D eigenvalue weighted by molar-refractivity contribution is -0.384. The van der Waals surface area contributed by atoms with E-state index in [4.69, 9.17) is 0 Å². The Bertz CT molecular complexity index is 781. The van der Waals surface area contributed by atoms with Crippen molar-refractivity contribution in [3.05, 3.63) is 69.8 Å². The highest BCUT2D eigenvalue weighted by Gasteiger charge is 2.10. The topological polar surface area (TPSA) is 76.2 Å². The van der Waals surface area contributed by atoms with Gasteiger partial charge in [0.05, 0.1) is 16.6 Å². The van der Waals surface area contributed by atoms with Crippen molar-refractivity contribution in [3.8, 4) is 11.8 Å². The Balaban J connectivity index is 2.40. The van der Waals surface area contributed by atoms with E-state index < -0.39 is 11.5 Å². The minimum atomic E-state index is -2.98. The lowest BCUT2D eigenvalue weighted by Gasteiger charge is -2.08. The number of halogens is 2. The first-order valence-corrected chi connectivity index (χ1v) is 6.41. The Hall–Kier alpha value is -3.27. The number of para-hydroxylation sites is 1. The Kier molecular flexibility index (Phi) is 5.00. The number of benzene rings is 2. The molecule has 0 atom stereocenters. The van der Waals surface area contributed by atoms with Gasteiger partial charge in [0, 0.05) is 17.7 Å². The van der Waals surface area contributed by atoms with Gasteiger partial charge in [-0.15, -0.1) is 0 Å². The zero-order valence-electron chi connectivity index (χ0n) is 11.6. The molecule has 0 N–H and O–H groups in total. The molecule has 7 heteroatoms. The van der Waals surface area contributed by atoms with Gasteiger partial charge in [-0.3, -0.25) is 10.1 Å². The number of allylic oxidation sites excluding steroid dienone is 1. The number of hydrogen-bond acceptors (Lipinski definition) is 4. The zero-order valence-corrected chi connectivity index (χ0v) is 11.6. The number of ether oxygens (including phenoxy) is 1. The van der Waals surface area contributed by atoms with Crippen molar-refractivity contribution in [1.82, 2.24) is 0 Å². The van der Waals surface area contributed by atoms with E-state index in [0.29, 0.717) is 11.1 Å². The van der Waals surface area contributed by atoms with Gasteiger partial charge in [0.2, 0.25) is 0 Å². The van der Waals surface area contributed by atoms with Crippen molar-refractivity contribution in [2.45, 2.75) is 6.61 Å². The zero-order chi connectivity index (χ0) is 16.8. The van der Waals surface area contributed by atoms with Gasteiger partial charge in [0.1, 0.15) is 5.75 Å². The van der Waals surface area contributed by atoms with E-state index in [1.807, 2.05) is 6.07 Å². The van der Waals surface area contributed by atoms with Crippen LogP contribution in [0.15, 0.2) is 48.5 Å². The van der Waals surface area contributed by atoms with Crippen LogP contribution in [0.2, 0.25) is 0 Å². The summed E-state index contributed by atoms with van der Waals surface area (Å²) in [7, 11) is 0. The van der Waals surface area contributed by atoms with E-state index in [-0.39, 0.29) is 17.0 Å². The second-order valence-electron chi connectivity index (χ2n) is 4.39. The minimum absolute atomic E-state index is 0.0582. The molecule has 2 rings (SSSR count). The van der Waals surface area contributed by atoms with E-state index in [1.165, 1.54) is 48.5 Å². The van der Waals surface area contributed by atoms with E-state index in [1.54, 1.807) is 6.07 Å². The van der Waals surface area contributed by atoms with Crippen molar-refractivity contribution in [2.24, 2.45) is 0 Å². The highest BCUT2D eigenvalue weighted by Crippen LogP contribution is 2.26. The Morgan fingerprint density at radius 2 is 1.87 bits per heavy atom. The molecule has 2 aromatic rings. The summed E-state index contributed by atoms with van der Waals surface area (Å²) in [5.41, 5.74) is 0.811. The summed E-state index contributed by atoms with van der Waals surface area (Å²) >= 11 is 0. The number of rotatable bonds is 5. The number of alkyl halides is 2. The van der Waals surface area contributed by atoms with E-state index in [2.05, 4.69) is 4.74 Å². The predicted molar refractivity (Wildman–Crippen MR) is 79.7 cm³/mol. The van der Waals surface area contributed by atoms with E-state index in [0.717, 1.165) is 0 Å². The SMILES string of the molecule is N#C/C(=C/c1ccccc1OC(F)F)c1ccc([N+](=O)[O-])cc1. The summed E-state index contributed by atoms with van der Waals surface area (Å²) in [5, 5.41) is 19.9. The molecule has 0 heterocycles. The summed E-state index contributed by atoms with van der Waals surface area (Å²) in [5.74, 6) is -0.0582. The summed E-state index contributed by atoms with van der Waals surface area (Å²) in [4.78, 5) is 10.1. The molecule has 0 fully saturated rings. The first-order chi connectivity index (χ1) is 11.0. The fraction of sp³-hybridized carbons (Fsp3) is 0.0625. The Labute approximate surface area is 130 Å². The van der Waals surface area contributed by atoms with E-state index >= 15 is 0 Å². The molecule has 0 aliphatic rings. The van der Waals surface area contributed by atoms with Crippen LogP contribution in [0.3, 0.4) is 0 Å². The lowest BCUT2D eigenvalue weighted by Crippen LogP contribution is -2.03. The number of nitro benzene ring substituents is 1. The van der Waals surface area contributed by atoms with E-state index in [9.17, 15) is 24.2 Å². The minimum Gasteiger partial charge on any atom is -0.434 e. The first-order valence-electron chi connectivity index (χ1n) is 6.41. The molecule has 0 bridgehead atoms. The fourth-order valence-corrected chi connectivity index (χ4v) is 1.90. The molecule has 23 heavy (non-hydrogen) atoms. The van der Waals surface area contributed by atoms with Gasteiger partial charge in [0.15, 0.2) is 0 Å². The smallest absolute Gasteiger partial charge is 0.387 e. The van der Waals surface area contributed by atoms with Crippen molar-refractivity contribution in [3.63, 3.8) is 0 Å². The molecule has 116 valence electrons. The second-order valence-corrected chi connectivity index (χ2v) is 4.39. The summed E-state index contributed by atoms with van der Waals surface area (Å²) in [6, 6.07) is 13.4. The standard InChI is InChI=1S/C16H10F2N2O3/c17-16(18)23-15-4-2-1-3-12(15)9-13(10-19)11-5-7-14(8-6-11)20(21)22/h1-9,16H/b13-9-. The second kappa shape index (κ2) is 7.13. The van der Waals surface area contributed by atoms with Crippen LogP contribution >= 0.6 is 0 Å². The fourth-order valence-electron chi connectivity index (χ4n) is 1.90. The molecule has 5 nitrogen and oxygen atoms in total. The molecule has 0 radical (unpaired) electrons. The molecule has 0 unspecified atom stereocenters. The molecule has 0 saturated carbocycles. The Morgan fingerprint density at radius 1 is 1.22 bits per heavy atom. The van der Waals surface area contributed by atoms with Gasteiger partial charge in [0.25, 0.3) is 5.69 Å². The molecular weight excluding hydrogens is 306 g/mol. The molecule has 0 saturated heterocycles. The molecule has 0 spiro atoms. The van der Waals surface area contributed by atoms with Gasteiger partial charge in [-0.05, 0) is 29.8 Å². The maximum atomic E-state index is 12.4. The number of non-ortho nitro benzene ring substituents is 1. The van der Waals surface area contributed by atoms with Crippen LogP contribution in [0.4, 0.5) is 14.5 Å². The molecule has 2 aromatic carbocycles. The number of nitriles is 1. The third kappa shape index (κ3) is 4.11. The van der Waals surface area contributed by atoms with Crippen molar-refractivity contribution < 1.29 is 18.4 Å². The Morgan fingerprint density at radius 3 is 2.43 bits per heavy atom. The number of nitrogens with zero attached hydrogens (tertiary/aromatic N) is 2. The van der Waals surface area contributed by atoms with Crippen molar-refractivity contribution in [1.29, 1.82) is 5.26 Å². The molecule has 0 aliphatic heterocycles. The third-order valence-electron chi connectivity index (χ3n) is 2.94. The largest absolute Gasteiger partial charge is 0.434 e. The van der Waals surface area contributed by atoms with Crippen LogP contribution in [0.1, 0.15) is 11.1 Å². The lowest BCUT2D eigenvalue weighted by atomic mass is 10.0. The summed E-state index contributed by atoms with van der Waals surface area (Å²) < 4.78 is 29.2. The van der Waals surface area contributed by atoms with Crippen LogP contribution in [0, 0.1) is 21.4 Å². The van der Waals surface area contributed by atoms with Gasteiger partial charge in [-0.2, -0.15) is 14.0 Å². The number of hydrogen-bond donors (Lipinski definition) is 0. The number of nitro groups is 1. The maximum absolute atomic E-state index is 12.4. The predicted octanol–water partition coefficient (Wildman–Crippen LogP) is 4.26. The molecule has 0 aliphatic carbocycles. The first kappa shape index (κ1) is 16.1. The van der Waals surface area contributed by atoms with Gasteiger partial charge < -0.3 is 4.74 Å². The van der Waals surface area contributed by atoms with Crippen molar-refractivity contribution in [2.75, 3.05) is 0 Å². The normalized spacial score (nSPS) is 11.1. The maximum Gasteiger partial charge on any atom is 0.387 e. The monoisotopic (exact) mass is 316 g/mol. The van der Waals surface area contributed by atoms with Crippen LogP contribution in [0.5, 0.6) is 5.75 Å². The molecule has 0 aromatic heterocycles. The highest BCUT2D eigenvalue weighted by molar-refractivity contribution is 5.90. The summed E-state index contributed by atoms with van der Waals surface area (Å²) in [6.45, 7) is -2.98. The molecular formula is C16H10F2N2O3. The van der Waals surface area contributed by atoms with Crippen LogP contribution < -0.4 is 4.74 Å². The van der Waals surface area contributed by atoms with Gasteiger partial charge >= 0.3 is 6.61 Å². The van der Waals surface area contributed by atoms with Crippen LogP contribution in [-0.2, 0) is 0 Å². The third-order valence-corrected chi connectivity index (χ3v) is 2.94. The van der Waals surface area contributed by atoms with Crippen LogP contribution in [0.25, 0.3) is 11.6 Å². The quantitative estimate of drug-likeness (QED) is 0.357. The highest BCUT2D eigenvalue weighted by atomic mass is 19.3. The average Bonchev–Trinajstić information content (AvgIpc) is 2.53. The molecule has 0 amide bonds. The van der Waals surface area contributed by atoms with Crippen molar-refractivity contribution >= 4 is 17.3 Å².